The molecule has 0 saturated carbocycles. The summed E-state index contributed by atoms with van der Waals surface area (Å²) in [5, 5.41) is 10.3. The van der Waals surface area contributed by atoms with E-state index in [0.29, 0.717) is 12.8 Å². The van der Waals surface area contributed by atoms with Crippen molar-refractivity contribution in [3.8, 4) is 0 Å². The highest BCUT2D eigenvalue weighted by Gasteiger charge is 2.30. The van der Waals surface area contributed by atoms with Gasteiger partial charge in [0.1, 0.15) is 0 Å². The van der Waals surface area contributed by atoms with E-state index in [4.69, 9.17) is 0 Å². The highest BCUT2D eigenvalue weighted by atomic mass is 19.4. The molecular formula is C20H20F3NO. The number of hydrogen-bond acceptors (Lipinski definition) is 1. The Bertz CT molecular complexity index is 849. The first-order valence-electron chi connectivity index (χ1n) is 8.26. The molecule has 2 aromatic carbocycles. The zero-order valence-corrected chi connectivity index (χ0v) is 13.9. The van der Waals surface area contributed by atoms with Crippen LogP contribution in [0.5, 0.6) is 0 Å². The number of aryl methyl sites for hydroxylation is 1. The second-order valence-electron chi connectivity index (χ2n) is 6.28. The molecule has 1 heterocycles. The highest BCUT2D eigenvalue weighted by molar-refractivity contribution is 5.86. The summed E-state index contributed by atoms with van der Waals surface area (Å²) < 4.78 is 38.4. The van der Waals surface area contributed by atoms with Crippen LogP contribution in [0.25, 0.3) is 10.9 Å². The van der Waals surface area contributed by atoms with Crippen LogP contribution in [0.15, 0.2) is 48.7 Å². The number of fused-ring (bicyclic) bond motifs is 1. The van der Waals surface area contributed by atoms with Crippen LogP contribution in [0.4, 0.5) is 13.2 Å². The van der Waals surface area contributed by atoms with Crippen molar-refractivity contribution in [1.29, 1.82) is 0 Å². The van der Waals surface area contributed by atoms with E-state index in [1.807, 2.05) is 31.3 Å². The number of alkyl halides is 3. The van der Waals surface area contributed by atoms with Gasteiger partial charge < -0.3 is 10.1 Å². The largest absolute Gasteiger partial charge is 0.416 e. The van der Waals surface area contributed by atoms with Crippen LogP contribution in [-0.2, 0) is 6.18 Å². The number of halogens is 3. The number of aromatic nitrogens is 1. The van der Waals surface area contributed by atoms with E-state index in [9.17, 15) is 18.3 Å². The molecule has 1 atom stereocenters. The monoisotopic (exact) mass is 347 g/mol. The van der Waals surface area contributed by atoms with Gasteiger partial charge in [-0.25, -0.2) is 0 Å². The number of benzene rings is 2. The minimum Gasteiger partial charge on any atom is -0.396 e. The number of hydrogen-bond donors (Lipinski definition) is 2. The summed E-state index contributed by atoms with van der Waals surface area (Å²) in [6.07, 6.45) is -1.15. The first kappa shape index (κ1) is 17.5. The number of aliphatic hydroxyl groups is 1. The quantitative estimate of drug-likeness (QED) is 0.637. The lowest BCUT2D eigenvalue weighted by Crippen LogP contribution is -2.06. The zero-order chi connectivity index (χ0) is 18.0. The topological polar surface area (TPSA) is 36.0 Å². The third kappa shape index (κ3) is 3.56. The summed E-state index contributed by atoms with van der Waals surface area (Å²) in [6.45, 7) is 2.07. The average molecular weight is 347 g/mol. The van der Waals surface area contributed by atoms with Gasteiger partial charge in [0.25, 0.3) is 0 Å². The predicted octanol–water partition coefficient (Wildman–Crippen LogP) is 5.40. The predicted molar refractivity (Wildman–Crippen MR) is 92.6 cm³/mol. The van der Waals surface area contributed by atoms with Gasteiger partial charge in [0.15, 0.2) is 0 Å². The smallest absolute Gasteiger partial charge is 0.396 e. The van der Waals surface area contributed by atoms with E-state index in [1.54, 1.807) is 12.1 Å². The van der Waals surface area contributed by atoms with Gasteiger partial charge in [-0.05, 0) is 48.6 Å². The molecule has 0 amide bonds. The van der Waals surface area contributed by atoms with Crippen molar-refractivity contribution in [3.63, 3.8) is 0 Å². The molecule has 0 aliphatic rings. The number of aliphatic hydroxyl groups excluding tert-OH is 1. The molecule has 2 N–H and O–H groups in total. The van der Waals surface area contributed by atoms with E-state index in [-0.39, 0.29) is 12.5 Å². The van der Waals surface area contributed by atoms with Crippen molar-refractivity contribution in [2.45, 2.75) is 31.9 Å². The maximum atomic E-state index is 12.8. The number of para-hydroxylation sites is 1. The van der Waals surface area contributed by atoms with Crippen molar-refractivity contribution >= 4 is 10.9 Å². The Morgan fingerprint density at radius 3 is 2.44 bits per heavy atom. The molecule has 0 aliphatic heterocycles. The van der Waals surface area contributed by atoms with Gasteiger partial charge in [-0.3, -0.25) is 0 Å². The number of rotatable bonds is 5. The average Bonchev–Trinajstić information content (AvgIpc) is 3.00. The van der Waals surface area contributed by atoms with Crippen molar-refractivity contribution in [3.05, 3.63) is 70.9 Å². The van der Waals surface area contributed by atoms with Crippen LogP contribution in [0.1, 0.15) is 41.0 Å². The summed E-state index contributed by atoms with van der Waals surface area (Å²) in [4.78, 5) is 3.28. The maximum Gasteiger partial charge on any atom is 0.416 e. The Morgan fingerprint density at radius 2 is 1.80 bits per heavy atom. The van der Waals surface area contributed by atoms with E-state index in [1.165, 1.54) is 0 Å². The molecular weight excluding hydrogens is 327 g/mol. The lowest BCUT2D eigenvalue weighted by Gasteiger charge is -2.18. The summed E-state index contributed by atoms with van der Waals surface area (Å²) in [5.41, 5.74) is 3.39. The van der Waals surface area contributed by atoms with Gasteiger partial charge in [-0.2, -0.15) is 13.2 Å². The van der Waals surface area contributed by atoms with Crippen molar-refractivity contribution in [2.24, 2.45) is 0 Å². The molecule has 1 aromatic heterocycles. The third-order valence-electron chi connectivity index (χ3n) is 4.62. The van der Waals surface area contributed by atoms with E-state index >= 15 is 0 Å². The molecule has 5 heteroatoms. The second-order valence-corrected chi connectivity index (χ2v) is 6.28. The minimum absolute atomic E-state index is 0.0541. The molecule has 132 valence electrons. The molecule has 0 spiro atoms. The summed E-state index contributed by atoms with van der Waals surface area (Å²) >= 11 is 0. The zero-order valence-electron chi connectivity index (χ0n) is 13.9. The van der Waals surface area contributed by atoms with Gasteiger partial charge in [-0.15, -0.1) is 0 Å². The number of H-pyrrole nitrogens is 1. The molecule has 3 rings (SSSR count). The molecule has 0 radical (unpaired) electrons. The van der Waals surface area contributed by atoms with Gasteiger partial charge in [-0.1, -0.05) is 30.3 Å². The SMILES string of the molecule is Cc1cccc2c(C(CCCO)c3ccc(C(F)(F)F)cc3)c[nH]c12. The summed E-state index contributed by atoms with van der Waals surface area (Å²) in [7, 11) is 0. The first-order chi connectivity index (χ1) is 11.9. The Morgan fingerprint density at radius 1 is 1.08 bits per heavy atom. The lowest BCUT2D eigenvalue weighted by molar-refractivity contribution is -0.137. The minimum atomic E-state index is -4.34. The van der Waals surface area contributed by atoms with Gasteiger partial charge in [0.05, 0.1) is 5.56 Å². The Labute approximate surface area is 144 Å². The summed E-state index contributed by atoms with van der Waals surface area (Å²) in [6, 6.07) is 11.3. The van der Waals surface area contributed by atoms with Crippen LogP contribution in [-0.4, -0.2) is 16.7 Å². The molecule has 3 aromatic rings. The van der Waals surface area contributed by atoms with E-state index in [2.05, 4.69) is 4.98 Å². The van der Waals surface area contributed by atoms with Crippen LogP contribution in [0.3, 0.4) is 0 Å². The Balaban J connectivity index is 2.03. The molecule has 25 heavy (non-hydrogen) atoms. The van der Waals surface area contributed by atoms with Crippen LogP contribution in [0.2, 0.25) is 0 Å². The summed E-state index contributed by atoms with van der Waals surface area (Å²) in [5.74, 6) is -0.0648. The van der Waals surface area contributed by atoms with E-state index in [0.717, 1.165) is 39.7 Å². The highest BCUT2D eigenvalue weighted by Crippen LogP contribution is 2.36. The fraction of sp³-hybridized carbons (Fsp3) is 0.300. The number of nitrogens with one attached hydrogen (secondary N) is 1. The van der Waals surface area contributed by atoms with E-state index < -0.39 is 11.7 Å². The third-order valence-corrected chi connectivity index (χ3v) is 4.62. The van der Waals surface area contributed by atoms with Gasteiger partial charge >= 0.3 is 6.18 Å². The normalized spacial score (nSPS) is 13.3. The fourth-order valence-electron chi connectivity index (χ4n) is 3.32. The Kier molecular flexibility index (Phi) is 4.86. The van der Waals surface area contributed by atoms with Crippen molar-refractivity contribution in [1.82, 2.24) is 4.98 Å². The number of aromatic amines is 1. The lowest BCUT2D eigenvalue weighted by atomic mass is 9.86. The van der Waals surface area contributed by atoms with Gasteiger partial charge in [0, 0.05) is 29.6 Å². The fourth-order valence-corrected chi connectivity index (χ4v) is 3.32. The molecule has 0 aliphatic carbocycles. The maximum absolute atomic E-state index is 12.8. The van der Waals surface area contributed by atoms with Gasteiger partial charge in [0.2, 0.25) is 0 Å². The Hall–Kier alpha value is -2.27. The van der Waals surface area contributed by atoms with Crippen molar-refractivity contribution < 1.29 is 18.3 Å². The first-order valence-corrected chi connectivity index (χ1v) is 8.26. The van der Waals surface area contributed by atoms with Crippen LogP contribution >= 0.6 is 0 Å². The van der Waals surface area contributed by atoms with Crippen LogP contribution in [0, 0.1) is 6.92 Å². The molecule has 1 unspecified atom stereocenters. The molecule has 2 nitrogen and oxygen atoms in total. The molecule has 0 bridgehead atoms. The van der Waals surface area contributed by atoms with Crippen LogP contribution < -0.4 is 0 Å². The second kappa shape index (κ2) is 6.92. The molecule has 0 saturated heterocycles. The molecule has 0 fully saturated rings. The standard InChI is InChI=1S/C20H20F3NO/c1-13-4-2-5-17-18(12-24-19(13)17)16(6-3-11-25)14-7-9-15(10-8-14)20(21,22)23/h2,4-5,7-10,12,16,24-25H,3,6,11H2,1H3. The van der Waals surface area contributed by atoms with Crippen molar-refractivity contribution in [2.75, 3.05) is 6.61 Å².